The van der Waals surface area contributed by atoms with E-state index >= 15 is 0 Å². The smallest absolute Gasteiger partial charge is 0.137 e. The molecule has 0 bridgehead atoms. The fraction of sp³-hybridized carbons (Fsp3) is 0.423. The third kappa shape index (κ3) is 38.7. The molecule has 15 rings (SSSR count). The maximum Gasteiger partial charge on any atom is 0.137 e. The third-order valence-corrected chi connectivity index (χ3v) is 38.5. The van der Waals surface area contributed by atoms with Crippen LogP contribution in [0.4, 0.5) is 17.1 Å². The number of phenols is 3. The van der Waals surface area contributed by atoms with E-state index in [1.807, 2.05) is 86.6 Å². The molecule has 2 aliphatic rings. The Bertz CT molecular complexity index is 6190. The summed E-state index contributed by atoms with van der Waals surface area (Å²) < 4.78 is 23.3. The van der Waals surface area contributed by atoms with Crippen LogP contribution in [0, 0.1) is 38.5 Å². The van der Waals surface area contributed by atoms with Gasteiger partial charge in [0.25, 0.3) is 0 Å². The van der Waals surface area contributed by atoms with E-state index in [9.17, 15) is 15.3 Å². The molecule has 3 heterocycles. The summed E-state index contributed by atoms with van der Waals surface area (Å²) in [6, 6.07) is 64.4. The predicted molar refractivity (Wildman–Crippen MR) is 640 cm³/mol. The van der Waals surface area contributed by atoms with E-state index in [0.717, 1.165) is 80.7 Å². The topological polar surface area (TPSA) is 140 Å². The van der Waals surface area contributed by atoms with Crippen molar-refractivity contribution in [3.05, 3.63) is 348 Å². The molecule has 2 aliphatic carbocycles. The van der Waals surface area contributed by atoms with Crippen molar-refractivity contribution in [2.75, 3.05) is 0 Å². The zero-order chi connectivity index (χ0) is 110. The van der Waals surface area contributed by atoms with Gasteiger partial charge in [-0.05, 0) is 229 Å². The molecule has 0 spiro atoms. The SMILES string of the molecule is CC(C)(C)[CH]=[W]=[N]c1c(Cl)cccc1Cl.CC(C)(C)[CH]=[W]=[N]c1c(Cl)cccc1Cl.CC(C)c1cc(C(C)C)c(-c2cccc(-c3c(C(C)C)cc(C(C)C)cc3C(C)C)c2O)c(C(C)C)c1.CC(C)c1cccc(C(C)C)c1[N]=[Mo]=[CH]C(C)(C)c1ccccc1.Cc1c(Br)cc2c(c1-c1c(O)c(Br)cc3c1CCCC3)CCCC2.Cc1cc(C(C)(C)C)c(O)c(C(C)(C)C)c1.Cc1ccc(C)[n-]1.c1cc[n-]c1.c1cc[n-]c1. The minimum Gasteiger partial charge on any atom is -0.670 e. The van der Waals surface area contributed by atoms with Gasteiger partial charge in [0.1, 0.15) is 17.2 Å². The number of hydrogen-bond donors (Lipinski definition) is 3. The van der Waals surface area contributed by atoms with E-state index in [2.05, 4.69) is 404 Å². The summed E-state index contributed by atoms with van der Waals surface area (Å²) in [4.78, 5) is 11.6. The van der Waals surface area contributed by atoms with Gasteiger partial charge in [0.05, 0.1) is 4.47 Å². The quantitative estimate of drug-likeness (QED) is 0.0823. The molecule has 9 nitrogen and oxygen atoms in total. The molecule has 0 atom stereocenters. The van der Waals surface area contributed by atoms with Crippen molar-refractivity contribution >= 4 is 109 Å². The van der Waals surface area contributed by atoms with Crippen LogP contribution in [0.2, 0.25) is 20.1 Å². The van der Waals surface area contributed by atoms with Gasteiger partial charge in [0.15, 0.2) is 0 Å². The molecule has 798 valence electrons. The van der Waals surface area contributed by atoms with Gasteiger partial charge in [-0.3, -0.25) is 0 Å². The Balaban J connectivity index is 0.000000238. The van der Waals surface area contributed by atoms with Crippen molar-refractivity contribution in [2.45, 2.75) is 350 Å². The monoisotopic (exact) mass is 2620 g/mol. The van der Waals surface area contributed by atoms with Gasteiger partial charge in [-0.1, -0.05) is 251 Å². The van der Waals surface area contributed by atoms with E-state index < -0.39 is 53.8 Å². The number of aryl methyl sites for hydroxylation is 5. The number of halogens is 6. The molecule has 0 saturated heterocycles. The molecule has 3 aromatic heterocycles. The number of phenolic OH excluding ortho intramolecular Hbond substituents is 3. The number of aromatic nitrogens is 3. The van der Waals surface area contributed by atoms with Crippen molar-refractivity contribution in [2.24, 2.45) is 21.3 Å². The number of benzene rings is 10. The van der Waals surface area contributed by atoms with E-state index in [1.54, 1.807) is 24.8 Å². The first-order valence-electron chi connectivity index (χ1n) is 52.5. The molecule has 0 unspecified atom stereocenters. The van der Waals surface area contributed by atoms with Crippen LogP contribution >= 0.6 is 78.3 Å². The van der Waals surface area contributed by atoms with Crippen LogP contribution in [0.1, 0.15) is 387 Å². The second-order valence-corrected chi connectivity index (χ2v) is 55.4. The Morgan fingerprint density at radius 3 is 1.03 bits per heavy atom. The number of nitrogens with zero attached hydrogens (tertiary/aromatic N) is 6. The third-order valence-electron chi connectivity index (χ3n) is 25.5. The molecule has 148 heavy (non-hydrogen) atoms. The molecule has 10 aromatic carbocycles. The van der Waals surface area contributed by atoms with E-state index in [4.69, 9.17) is 49.9 Å². The first kappa shape index (κ1) is 128. The summed E-state index contributed by atoms with van der Waals surface area (Å²) in [6.07, 6.45) is 16.5. The molecular formula is C130H167Br2Cl4MoN6O3W2-3. The zero-order valence-corrected chi connectivity index (χ0v) is 109. The summed E-state index contributed by atoms with van der Waals surface area (Å²) in [5, 5.41) is 36.0. The van der Waals surface area contributed by atoms with Crippen molar-refractivity contribution < 1.29 is 69.1 Å². The van der Waals surface area contributed by atoms with Gasteiger partial charge in [0, 0.05) is 21.2 Å². The Morgan fingerprint density at radius 1 is 0.358 bits per heavy atom. The fourth-order valence-electron chi connectivity index (χ4n) is 17.3. The van der Waals surface area contributed by atoms with Crippen molar-refractivity contribution in [1.29, 1.82) is 0 Å². The van der Waals surface area contributed by atoms with Crippen LogP contribution < -0.4 is 15.0 Å². The average Bonchev–Trinajstić information content (AvgIpc) is 0.830. The van der Waals surface area contributed by atoms with E-state index in [0.29, 0.717) is 84.7 Å². The van der Waals surface area contributed by atoms with Crippen LogP contribution in [0.25, 0.3) is 33.4 Å². The maximum absolute atomic E-state index is 12.1. The Labute approximate surface area is 953 Å². The van der Waals surface area contributed by atoms with Crippen LogP contribution in [0.3, 0.4) is 0 Å². The van der Waals surface area contributed by atoms with Crippen LogP contribution in [-0.2, 0) is 95.7 Å². The Kier molecular flexibility index (Phi) is 51.1. The minimum absolute atomic E-state index is 0.0178. The summed E-state index contributed by atoms with van der Waals surface area (Å²) >= 11 is 29.2. The van der Waals surface area contributed by atoms with Gasteiger partial charge < -0.3 is 30.3 Å². The van der Waals surface area contributed by atoms with Gasteiger partial charge in [0.2, 0.25) is 0 Å². The molecular weight excluding hydrogens is 2460 g/mol. The Morgan fingerprint density at radius 2 is 0.703 bits per heavy atom. The van der Waals surface area contributed by atoms with E-state index in [1.165, 1.54) is 136 Å². The van der Waals surface area contributed by atoms with E-state index in [-0.39, 0.29) is 27.1 Å². The number of hydrogen-bond acceptors (Lipinski definition) is 6. The largest absolute Gasteiger partial charge is 0.670 e. The Hall–Kier alpha value is -7.37. The average molecular weight is 2630 g/mol. The molecule has 0 aliphatic heterocycles. The molecule has 0 radical (unpaired) electrons. The molecule has 0 fully saturated rings. The summed E-state index contributed by atoms with van der Waals surface area (Å²) in [6.45, 7) is 75.0. The number of rotatable bonds is 16. The van der Waals surface area contributed by atoms with Crippen molar-refractivity contribution in [3.8, 4) is 50.6 Å². The summed E-state index contributed by atoms with van der Waals surface area (Å²) in [7, 11) is 0. The normalized spacial score (nSPS) is 12.3. The predicted octanol–water partition coefficient (Wildman–Crippen LogP) is 41.1. The molecule has 3 N–H and O–H groups in total. The second kappa shape index (κ2) is 59.4. The first-order chi connectivity index (χ1) is 69.3. The van der Waals surface area contributed by atoms with Gasteiger partial charge in [-0.2, -0.15) is 36.2 Å². The van der Waals surface area contributed by atoms with Gasteiger partial charge >= 0.3 is 374 Å². The van der Waals surface area contributed by atoms with Gasteiger partial charge in [-0.25, -0.2) is 0 Å². The van der Waals surface area contributed by atoms with Crippen molar-refractivity contribution in [1.82, 2.24) is 15.0 Å². The minimum atomic E-state index is -0.850. The number of aromatic hydroxyl groups is 3. The molecule has 0 saturated carbocycles. The maximum atomic E-state index is 12.1. The molecule has 18 heteroatoms. The summed E-state index contributed by atoms with van der Waals surface area (Å²) in [5.41, 5.74) is 34.7. The zero-order valence-electron chi connectivity index (χ0n) is 94.7. The van der Waals surface area contributed by atoms with Crippen molar-refractivity contribution in [3.63, 3.8) is 0 Å². The van der Waals surface area contributed by atoms with Crippen LogP contribution in [0.15, 0.2) is 232 Å². The fourth-order valence-corrected chi connectivity index (χ4v) is 26.8. The van der Waals surface area contributed by atoms with Crippen LogP contribution in [-0.4, -0.2) is 28.5 Å². The standard InChI is InChI=1S/C36H50O.C21H22Br2O.C15H24O.C12H17N.C10H12.2C6H3Cl2N.C6H8N.2C5H10.2C4H4N.Mo.2W/c1-20(2)26-16-30(22(5)6)34(31(17-26)23(7)8)28-14-13-15-29(36(28)37)35-32(24(9)10)18-27(21(3)4)19-33(35)25(11)12;1-12-17(22)10-13-6-2-4-8-15(13)19(12)20-16-9-5-3-7-14(16)11-18(23)21(20)24;1-10-8-11(14(2,3)4)13(16)12(9-10)15(5,6)7;1-8(2)10-6-5-7-11(9(3)4)12(10)13;1-10(2,3)9-7-5-4-6-8-9;2*7-4-2-1-3-5(8)6(4)9;1-5-3-4-6(2)7-5;2*1-5(2,3)4;2*1-2-4-5-3-1;;;/h13-25,37H,1-12H3;10-11,24H,2-9H2,1H3;8-9,16H,1-7H3;5-9H,1-4H3;1,4-8H,2-3H3;2*1-3H;3-4H,1-2H3;2*1H,2-4H3;2*1-4H;;;/q;;;;;;;-1;;;2*-1;;;. The molecule has 13 aromatic rings. The first-order valence-corrected chi connectivity index (χ1v) is 63.6. The van der Waals surface area contributed by atoms with Crippen LogP contribution in [0.5, 0.6) is 17.2 Å². The van der Waals surface area contributed by atoms with Gasteiger partial charge in [-0.15, -0.1) is 0 Å². The number of para-hydroxylation sites is 1. The number of fused-ring (bicyclic) bond motifs is 2. The molecule has 0 amide bonds. The second-order valence-electron chi connectivity index (χ2n) is 46.0. The summed E-state index contributed by atoms with van der Waals surface area (Å²) in [5.74, 6) is 4.67.